The molecule has 3 heterocycles. The number of imidazole rings is 1. The molecule has 0 spiro atoms. The van der Waals surface area contributed by atoms with Crippen molar-refractivity contribution >= 4 is 5.97 Å². The maximum absolute atomic E-state index is 11.2. The SMILES string of the molecule is O=C(O)c1nc(Cc2ccco2)n2c1CCCC2. The van der Waals surface area contributed by atoms with Gasteiger partial charge in [0.2, 0.25) is 0 Å². The Morgan fingerprint density at radius 2 is 2.39 bits per heavy atom. The molecule has 3 rings (SSSR count). The summed E-state index contributed by atoms with van der Waals surface area (Å²) in [6.07, 6.45) is 5.08. The first kappa shape index (κ1) is 11.1. The summed E-state index contributed by atoms with van der Waals surface area (Å²) in [5.74, 6) is 0.661. The van der Waals surface area contributed by atoms with Crippen LogP contribution in [0.1, 0.15) is 40.6 Å². The van der Waals surface area contributed by atoms with Crippen LogP contribution in [0.5, 0.6) is 0 Å². The molecule has 2 aromatic heterocycles. The van der Waals surface area contributed by atoms with E-state index in [9.17, 15) is 9.90 Å². The first-order valence-electron chi connectivity index (χ1n) is 6.09. The fourth-order valence-corrected chi connectivity index (χ4v) is 2.49. The van der Waals surface area contributed by atoms with Crippen molar-refractivity contribution in [3.63, 3.8) is 0 Å². The lowest BCUT2D eigenvalue weighted by Gasteiger charge is -2.16. The molecule has 0 aromatic carbocycles. The molecule has 0 saturated carbocycles. The van der Waals surface area contributed by atoms with Gasteiger partial charge in [0.15, 0.2) is 5.69 Å². The second-order valence-corrected chi connectivity index (χ2v) is 4.49. The van der Waals surface area contributed by atoms with Crippen molar-refractivity contribution in [2.75, 3.05) is 0 Å². The molecule has 0 radical (unpaired) electrons. The fourth-order valence-electron chi connectivity index (χ4n) is 2.49. The van der Waals surface area contributed by atoms with Crippen LogP contribution < -0.4 is 0 Å². The van der Waals surface area contributed by atoms with Crippen LogP contribution in [0.15, 0.2) is 22.8 Å². The van der Waals surface area contributed by atoms with Gasteiger partial charge in [0.25, 0.3) is 0 Å². The Morgan fingerprint density at radius 1 is 1.50 bits per heavy atom. The van der Waals surface area contributed by atoms with Gasteiger partial charge >= 0.3 is 5.97 Å². The average molecular weight is 246 g/mol. The third-order valence-electron chi connectivity index (χ3n) is 3.31. The van der Waals surface area contributed by atoms with E-state index < -0.39 is 5.97 Å². The Bertz CT molecular complexity index is 569. The van der Waals surface area contributed by atoms with E-state index in [0.29, 0.717) is 6.42 Å². The fraction of sp³-hybridized carbons (Fsp3) is 0.385. The minimum Gasteiger partial charge on any atom is -0.476 e. The Labute approximate surface area is 104 Å². The van der Waals surface area contributed by atoms with Crippen LogP contribution >= 0.6 is 0 Å². The molecular formula is C13H14N2O3. The summed E-state index contributed by atoms with van der Waals surface area (Å²) in [4.78, 5) is 15.5. The Balaban J connectivity index is 2.01. The zero-order valence-corrected chi connectivity index (χ0v) is 9.93. The monoisotopic (exact) mass is 246 g/mol. The number of nitrogens with zero attached hydrogens (tertiary/aromatic N) is 2. The highest BCUT2D eigenvalue weighted by Gasteiger charge is 2.24. The maximum atomic E-state index is 11.2. The third kappa shape index (κ3) is 1.81. The zero-order chi connectivity index (χ0) is 12.5. The number of aromatic carboxylic acids is 1. The van der Waals surface area contributed by atoms with E-state index in [1.54, 1.807) is 6.26 Å². The highest BCUT2D eigenvalue weighted by atomic mass is 16.4. The van der Waals surface area contributed by atoms with Crippen LogP contribution in [0.3, 0.4) is 0 Å². The van der Waals surface area contributed by atoms with E-state index in [1.165, 1.54) is 0 Å². The average Bonchev–Trinajstić information content (AvgIpc) is 2.98. The minimum absolute atomic E-state index is 0.205. The van der Waals surface area contributed by atoms with Gasteiger partial charge in [-0.2, -0.15) is 0 Å². The third-order valence-corrected chi connectivity index (χ3v) is 3.31. The standard InChI is InChI=1S/C13H14N2O3/c16-13(17)12-10-5-1-2-6-15(10)11(14-12)8-9-4-3-7-18-9/h3-4,7H,1-2,5-6,8H2,(H,16,17). The second-order valence-electron chi connectivity index (χ2n) is 4.49. The molecule has 1 N–H and O–H groups in total. The number of carboxylic acids is 1. The molecule has 5 heteroatoms. The van der Waals surface area contributed by atoms with Crippen molar-refractivity contribution in [1.82, 2.24) is 9.55 Å². The zero-order valence-electron chi connectivity index (χ0n) is 9.93. The summed E-state index contributed by atoms with van der Waals surface area (Å²) < 4.78 is 7.33. The molecular weight excluding hydrogens is 232 g/mol. The van der Waals surface area contributed by atoms with E-state index in [0.717, 1.165) is 43.1 Å². The molecule has 0 unspecified atom stereocenters. The van der Waals surface area contributed by atoms with Crippen LogP contribution in [0, 0.1) is 0 Å². The van der Waals surface area contributed by atoms with E-state index in [1.807, 2.05) is 16.7 Å². The summed E-state index contributed by atoms with van der Waals surface area (Å²) in [6.45, 7) is 0.853. The lowest BCUT2D eigenvalue weighted by atomic mass is 10.1. The van der Waals surface area contributed by atoms with Crippen molar-refractivity contribution in [2.24, 2.45) is 0 Å². The molecule has 0 aliphatic carbocycles. The summed E-state index contributed by atoms with van der Waals surface area (Å²) in [7, 11) is 0. The van der Waals surface area contributed by atoms with Crippen molar-refractivity contribution < 1.29 is 14.3 Å². The number of fused-ring (bicyclic) bond motifs is 1. The molecule has 0 atom stereocenters. The lowest BCUT2D eigenvalue weighted by Crippen LogP contribution is -2.14. The van der Waals surface area contributed by atoms with Gasteiger partial charge in [-0.3, -0.25) is 0 Å². The number of carbonyl (C=O) groups is 1. The number of furan rings is 1. The van der Waals surface area contributed by atoms with E-state index in [4.69, 9.17) is 4.42 Å². The lowest BCUT2D eigenvalue weighted by molar-refractivity contribution is 0.0689. The van der Waals surface area contributed by atoms with Gasteiger partial charge in [-0.1, -0.05) is 0 Å². The highest BCUT2D eigenvalue weighted by Crippen LogP contribution is 2.22. The van der Waals surface area contributed by atoms with Crippen molar-refractivity contribution in [3.05, 3.63) is 41.4 Å². The van der Waals surface area contributed by atoms with Gasteiger partial charge in [-0.25, -0.2) is 9.78 Å². The van der Waals surface area contributed by atoms with Crippen LogP contribution in [0.25, 0.3) is 0 Å². The van der Waals surface area contributed by atoms with Gasteiger partial charge in [0.1, 0.15) is 11.6 Å². The molecule has 5 nitrogen and oxygen atoms in total. The number of aromatic nitrogens is 2. The molecule has 0 saturated heterocycles. The van der Waals surface area contributed by atoms with Gasteiger partial charge < -0.3 is 14.1 Å². The highest BCUT2D eigenvalue weighted by molar-refractivity contribution is 5.87. The normalized spacial score (nSPS) is 14.4. The Morgan fingerprint density at radius 3 is 3.11 bits per heavy atom. The first-order valence-corrected chi connectivity index (χ1v) is 6.09. The number of carboxylic acid groups (broad SMARTS) is 1. The summed E-state index contributed by atoms with van der Waals surface area (Å²) in [5, 5.41) is 9.18. The van der Waals surface area contributed by atoms with Crippen molar-refractivity contribution in [3.8, 4) is 0 Å². The molecule has 0 fully saturated rings. The number of hydrogen-bond acceptors (Lipinski definition) is 3. The van der Waals surface area contributed by atoms with Crippen LogP contribution in [0.4, 0.5) is 0 Å². The molecule has 18 heavy (non-hydrogen) atoms. The summed E-state index contributed by atoms with van der Waals surface area (Å²) >= 11 is 0. The molecule has 1 aliphatic rings. The first-order chi connectivity index (χ1) is 8.75. The van der Waals surface area contributed by atoms with Crippen LogP contribution in [0.2, 0.25) is 0 Å². The molecule has 2 aromatic rings. The smallest absolute Gasteiger partial charge is 0.356 e. The summed E-state index contributed by atoms with van der Waals surface area (Å²) in [5.41, 5.74) is 1.06. The van der Waals surface area contributed by atoms with Gasteiger partial charge in [0, 0.05) is 6.54 Å². The van der Waals surface area contributed by atoms with Crippen LogP contribution in [-0.4, -0.2) is 20.6 Å². The van der Waals surface area contributed by atoms with Gasteiger partial charge in [0.05, 0.1) is 18.4 Å². The second kappa shape index (κ2) is 4.33. The maximum Gasteiger partial charge on any atom is 0.356 e. The predicted octanol–water partition coefficient (Wildman–Crippen LogP) is 2.10. The largest absolute Gasteiger partial charge is 0.476 e. The topological polar surface area (TPSA) is 68.3 Å². The quantitative estimate of drug-likeness (QED) is 0.900. The number of hydrogen-bond donors (Lipinski definition) is 1. The summed E-state index contributed by atoms with van der Waals surface area (Å²) in [6, 6.07) is 3.71. The Kier molecular flexibility index (Phi) is 2.66. The molecule has 94 valence electrons. The molecule has 0 amide bonds. The van der Waals surface area contributed by atoms with Crippen molar-refractivity contribution in [2.45, 2.75) is 32.2 Å². The number of rotatable bonds is 3. The van der Waals surface area contributed by atoms with E-state index in [2.05, 4.69) is 4.98 Å². The Hall–Kier alpha value is -2.04. The van der Waals surface area contributed by atoms with Crippen LogP contribution in [-0.2, 0) is 19.4 Å². The minimum atomic E-state index is -0.939. The molecule has 1 aliphatic heterocycles. The van der Waals surface area contributed by atoms with Crippen molar-refractivity contribution in [1.29, 1.82) is 0 Å². The van der Waals surface area contributed by atoms with Gasteiger partial charge in [-0.15, -0.1) is 0 Å². The van der Waals surface area contributed by atoms with Gasteiger partial charge in [-0.05, 0) is 31.4 Å². The molecule has 0 bridgehead atoms. The predicted molar refractivity (Wildman–Crippen MR) is 63.6 cm³/mol. The van der Waals surface area contributed by atoms with E-state index in [-0.39, 0.29) is 5.69 Å². The van der Waals surface area contributed by atoms with E-state index >= 15 is 0 Å².